The van der Waals surface area contributed by atoms with Crippen LogP contribution in [0.1, 0.15) is 44.8 Å². The van der Waals surface area contributed by atoms with Gasteiger partial charge in [0, 0.05) is 18.5 Å². The van der Waals surface area contributed by atoms with Crippen LogP contribution in [-0.4, -0.2) is 45.2 Å². The second-order valence-electron chi connectivity index (χ2n) is 7.03. The van der Waals surface area contributed by atoms with Gasteiger partial charge in [-0.2, -0.15) is 4.31 Å². The van der Waals surface area contributed by atoms with E-state index >= 15 is 0 Å². The van der Waals surface area contributed by atoms with Crippen LogP contribution >= 0.6 is 11.3 Å². The number of hydrogen-bond donors (Lipinski definition) is 3. The van der Waals surface area contributed by atoms with Crippen LogP contribution in [0.3, 0.4) is 0 Å². The van der Waals surface area contributed by atoms with E-state index in [-0.39, 0.29) is 34.5 Å². The number of nitrogens with one attached hydrogen (secondary N) is 2. The summed E-state index contributed by atoms with van der Waals surface area (Å²) in [4.78, 5) is 4.49. The molecule has 3 heterocycles. The van der Waals surface area contributed by atoms with Crippen LogP contribution in [0.5, 0.6) is 5.75 Å². The van der Waals surface area contributed by atoms with Gasteiger partial charge in [0.15, 0.2) is 15.8 Å². The lowest BCUT2D eigenvalue weighted by Gasteiger charge is -2.17. The maximum absolute atomic E-state index is 12.8. The van der Waals surface area contributed by atoms with E-state index in [0.29, 0.717) is 17.9 Å². The highest BCUT2D eigenvalue weighted by Crippen LogP contribution is 2.40. The van der Waals surface area contributed by atoms with Crippen LogP contribution < -0.4 is 10.0 Å². The number of nitrogens with zero attached hydrogens (tertiary/aromatic N) is 2. The normalized spacial score (nSPS) is 18.0. The predicted molar refractivity (Wildman–Crippen MR) is 124 cm³/mol. The molecule has 3 N–H and O–H groups in total. The van der Waals surface area contributed by atoms with E-state index in [1.54, 1.807) is 32.9 Å². The average Bonchev–Trinajstić information content (AvgIpc) is 3.38. The smallest absolute Gasteiger partial charge is 0.258 e. The molecule has 32 heavy (non-hydrogen) atoms. The van der Waals surface area contributed by atoms with Crippen molar-refractivity contribution in [3.63, 3.8) is 0 Å². The van der Waals surface area contributed by atoms with E-state index in [1.165, 1.54) is 9.69 Å². The fourth-order valence-electron chi connectivity index (χ4n) is 3.19. The first kappa shape index (κ1) is 24.3. The number of aryl methyl sites for hydroxylation is 1. The molecule has 0 saturated carbocycles. The number of amidine groups is 1. The number of furan rings is 1. The first-order chi connectivity index (χ1) is 15.0. The van der Waals surface area contributed by atoms with Gasteiger partial charge in [-0.1, -0.05) is 20.8 Å². The zero-order valence-electron chi connectivity index (χ0n) is 18.1. The van der Waals surface area contributed by atoms with Gasteiger partial charge in [0.2, 0.25) is 0 Å². The van der Waals surface area contributed by atoms with Crippen molar-refractivity contribution in [2.45, 2.75) is 44.4 Å². The molecule has 0 unspecified atom stereocenters. The van der Waals surface area contributed by atoms with Gasteiger partial charge in [-0.25, -0.2) is 16.8 Å². The summed E-state index contributed by atoms with van der Waals surface area (Å²) in [5, 5.41) is 15.7. The predicted octanol–water partition coefficient (Wildman–Crippen LogP) is 3.12. The van der Waals surface area contributed by atoms with Crippen molar-refractivity contribution in [3.05, 3.63) is 40.1 Å². The Morgan fingerprint density at radius 1 is 1.28 bits per heavy atom. The molecule has 2 aromatic rings. The Morgan fingerprint density at radius 3 is 2.53 bits per heavy atom. The zero-order chi connectivity index (χ0) is 23.7. The molecule has 1 aliphatic rings. The monoisotopic (exact) mass is 502 g/mol. The van der Waals surface area contributed by atoms with E-state index in [4.69, 9.17) is 4.42 Å². The molecule has 1 atom stereocenters. The fourth-order valence-corrected chi connectivity index (χ4v) is 7.00. The molecule has 2 aromatic heterocycles. The van der Waals surface area contributed by atoms with E-state index in [1.807, 2.05) is 6.92 Å². The molecule has 1 aliphatic heterocycles. The third kappa shape index (κ3) is 4.85. The summed E-state index contributed by atoms with van der Waals surface area (Å²) in [6.07, 6.45) is 0.557. The minimum Gasteiger partial charge on any atom is -0.504 e. The van der Waals surface area contributed by atoms with Gasteiger partial charge in [0.1, 0.15) is 17.6 Å². The third-order valence-corrected chi connectivity index (χ3v) is 9.37. The SMILES string of the molecule is CC[C@@H](N=C1NS(=O)(=O)C=C1Nc1csc(S(=O)(=O)N(CC)CC)c1O)c1ccc(C)o1. The highest BCUT2D eigenvalue weighted by molar-refractivity contribution is 7.93. The number of sulfonamides is 2. The van der Waals surface area contributed by atoms with Gasteiger partial charge in [-0.3, -0.25) is 9.71 Å². The maximum atomic E-state index is 12.8. The van der Waals surface area contributed by atoms with Gasteiger partial charge in [0.05, 0.1) is 16.8 Å². The van der Waals surface area contributed by atoms with Gasteiger partial charge in [-0.05, 0) is 25.5 Å². The summed E-state index contributed by atoms with van der Waals surface area (Å²) < 4.78 is 58.9. The Kier molecular flexibility index (Phi) is 7.03. The van der Waals surface area contributed by atoms with E-state index in [0.717, 1.165) is 16.7 Å². The number of anilines is 1. The van der Waals surface area contributed by atoms with Crippen LogP contribution in [0.4, 0.5) is 5.69 Å². The molecule has 3 rings (SSSR count). The summed E-state index contributed by atoms with van der Waals surface area (Å²) in [7, 11) is -7.66. The van der Waals surface area contributed by atoms with Gasteiger partial charge >= 0.3 is 0 Å². The minimum absolute atomic E-state index is 0.0460. The zero-order valence-corrected chi connectivity index (χ0v) is 20.6. The molecule has 0 aromatic carbocycles. The van der Waals surface area contributed by atoms with Gasteiger partial charge in [0.25, 0.3) is 20.0 Å². The summed E-state index contributed by atoms with van der Waals surface area (Å²) in [5.41, 5.74) is 0.159. The largest absolute Gasteiger partial charge is 0.504 e. The first-order valence-electron chi connectivity index (χ1n) is 9.99. The summed E-state index contributed by atoms with van der Waals surface area (Å²) in [6, 6.07) is 3.15. The topological polar surface area (TPSA) is 141 Å². The molecule has 0 bridgehead atoms. The van der Waals surface area contributed by atoms with Crippen LogP contribution in [-0.2, 0) is 20.0 Å². The summed E-state index contributed by atoms with van der Waals surface area (Å²) >= 11 is 0.851. The molecule has 0 saturated heterocycles. The molecule has 0 aliphatic carbocycles. The Hall–Kier alpha value is -2.35. The molecule has 10 nitrogen and oxygen atoms in total. The molecular weight excluding hydrogens is 476 g/mol. The van der Waals surface area contributed by atoms with E-state index in [9.17, 15) is 21.9 Å². The highest BCUT2D eigenvalue weighted by Gasteiger charge is 2.31. The quantitative estimate of drug-likeness (QED) is 0.478. The third-order valence-electron chi connectivity index (χ3n) is 4.81. The Labute approximate surface area is 191 Å². The minimum atomic E-state index is -3.87. The number of aromatic hydroxyl groups is 1. The highest BCUT2D eigenvalue weighted by atomic mass is 32.2. The molecule has 0 fully saturated rings. The Bertz CT molecular complexity index is 1250. The second-order valence-corrected chi connectivity index (χ2v) is 11.6. The van der Waals surface area contributed by atoms with E-state index < -0.39 is 31.8 Å². The molecule has 176 valence electrons. The van der Waals surface area contributed by atoms with Crippen molar-refractivity contribution in [2.24, 2.45) is 4.99 Å². The first-order valence-corrected chi connectivity index (χ1v) is 13.9. The molecular formula is C19H26N4O6S3. The summed E-state index contributed by atoms with van der Waals surface area (Å²) in [6.45, 7) is 7.62. The van der Waals surface area contributed by atoms with Crippen molar-refractivity contribution in [1.82, 2.24) is 9.03 Å². The van der Waals surface area contributed by atoms with E-state index in [2.05, 4.69) is 15.0 Å². The lowest BCUT2D eigenvalue weighted by atomic mass is 10.2. The van der Waals surface area contributed by atoms with Crippen molar-refractivity contribution in [1.29, 1.82) is 0 Å². The van der Waals surface area contributed by atoms with Crippen molar-refractivity contribution < 1.29 is 26.4 Å². The number of thiophene rings is 1. The van der Waals surface area contributed by atoms with Crippen LogP contribution in [0.15, 0.2) is 42.2 Å². The molecule has 0 amide bonds. The van der Waals surface area contributed by atoms with Gasteiger partial charge in [-0.15, -0.1) is 11.3 Å². The number of rotatable bonds is 9. The number of aliphatic imine (C=N–C) groups is 1. The number of hydrogen-bond acceptors (Lipinski definition) is 9. The van der Waals surface area contributed by atoms with Crippen LogP contribution in [0, 0.1) is 6.92 Å². The maximum Gasteiger partial charge on any atom is 0.258 e. The van der Waals surface area contributed by atoms with Crippen molar-refractivity contribution >= 4 is 42.9 Å². The second kappa shape index (κ2) is 9.25. The van der Waals surface area contributed by atoms with Crippen molar-refractivity contribution in [3.8, 4) is 5.75 Å². The summed E-state index contributed by atoms with van der Waals surface area (Å²) in [5.74, 6) is 0.878. The Morgan fingerprint density at radius 2 is 1.97 bits per heavy atom. The van der Waals surface area contributed by atoms with Crippen LogP contribution in [0.2, 0.25) is 0 Å². The van der Waals surface area contributed by atoms with Crippen LogP contribution in [0.25, 0.3) is 0 Å². The molecule has 0 radical (unpaired) electrons. The molecule has 13 heteroatoms. The standard InChI is InChI=1S/C19H26N4O6S3/c1-5-13(16-9-8-12(4)29-16)21-18-15(11-31(25,26)22-18)20-14-10-30-19(17(14)24)32(27,28)23(6-2)7-3/h8-11,13,20,24H,5-7H2,1-4H3,(H,21,22)/t13-/m1/s1. The van der Waals surface area contributed by atoms with Gasteiger partial charge < -0.3 is 14.8 Å². The fraction of sp³-hybridized carbons (Fsp3) is 0.421. The van der Waals surface area contributed by atoms with Crippen molar-refractivity contribution in [2.75, 3.05) is 18.4 Å². The lowest BCUT2D eigenvalue weighted by Crippen LogP contribution is -2.30. The lowest BCUT2D eigenvalue weighted by molar-refractivity contribution is 0.434. The Balaban J connectivity index is 1.94. The average molecular weight is 503 g/mol. The molecule has 0 spiro atoms.